The molecule has 0 spiro atoms. The number of nitrogens with zero attached hydrogens (tertiary/aromatic N) is 2. The number of hydrogen-bond donors (Lipinski definition) is 0. The van der Waals surface area contributed by atoms with E-state index in [1.807, 2.05) is 23.5 Å². The van der Waals surface area contributed by atoms with E-state index in [9.17, 15) is 0 Å². The van der Waals surface area contributed by atoms with Crippen LogP contribution in [-0.2, 0) is 10.8 Å². The van der Waals surface area contributed by atoms with Crippen LogP contribution in [0.15, 0.2) is 115 Å². The average Bonchev–Trinajstić information content (AvgIpc) is 3.62. The van der Waals surface area contributed by atoms with Crippen molar-refractivity contribution in [3.8, 4) is 34.1 Å². The summed E-state index contributed by atoms with van der Waals surface area (Å²) in [6.07, 6.45) is -2.03. The first-order valence-electron chi connectivity index (χ1n) is 16.4. The molecule has 0 atom stereocenters. The van der Waals surface area contributed by atoms with Crippen molar-refractivity contribution in [3.63, 3.8) is 0 Å². The molecule has 3 heterocycles. The van der Waals surface area contributed by atoms with Crippen molar-refractivity contribution in [2.24, 2.45) is 0 Å². The third kappa shape index (κ3) is 4.71. The van der Waals surface area contributed by atoms with Gasteiger partial charge in [-0.3, -0.25) is 0 Å². The summed E-state index contributed by atoms with van der Waals surface area (Å²) in [6, 6.07) is 41.3. The Morgan fingerprint density at radius 2 is 1.19 bits per heavy atom. The Morgan fingerprint density at radius 1 is 0.617 bits per heavy atom. The minimum Gasteiger partial charge on any atom is -0.431 e. The SMILES string of the molecule is CC(C)(C)c1ccc2c(c1)c1cc(C(C)(C)C)cc3c1n2[B-](C#Cc1ccccc1)(C#Cc1ccccc1)[n+]1c-3sc2ccccc21. The van der Waals surface area contributed by atoms with Crippen molar-refractivity contribution >= 4 is 49.8 Å². The van der Waals surface area contributed by atoms with E-state index < -0.39 is 6.42 Å². The average molecular weight is 625 g/mol. The number of rotatable bonds is 0. The quantitative estimate of drug-likeness (QED) is 0.117. The summed E-state index contributed by atoms with van der Waals surface area (Å²) in [5.41, 5.74) is 9.39. The number of hydrogen-bond acceptors (Lipinski definition) is 1. The van der Waals surface area contributed by atoms with Crippen LogP contribution in [0.1, 0.15) is 63.8 Å². The minimum absolute atomic E-state index is 0.0132. The molecule has 0 aliphatic carbocycles. The monoisotopic (exact) mass is 624 g/mol. The summed E-state index contributed by atoms with van der Waals surface area (Å²) < 4.78 is 6.23. The third-order valence-electron chi connectivity index (χ3n) is 9.54. The summed E-state index contributed by atoms with van der Waals surface area (Å²) in [4.78, 5) is 0. The van der Waals surface area contributed by atoms with Crippen molar-refractivity contribution < 1.29 is 4.48 Å². The molecule has 228 valence electrons. The molecule has 1 aliphatic heterocycles. The fraction of sp³-hybridized carbons (Fsp3) is 0.186. The number of thiazole rings is 1. The molecule has 0 saturated heterocycles. The number of fused-ring (bicyclic) bond motifs is 7. The van der Waals surface area contributed by atoms with Gasteiger partial charge in [0.2, 0.25) is 5.01 Å². The van der Waals surface area contributed by atoms with Crippen molar-refractivity contribution in [2.75, 3.05) is 0 Å². The van der Waals surface area contributed by atoms with E-state index in [0.29, 0.717) is 0 Å². The van der Waals surface area contributed by atoms with Crippen molar-refractivity contribution in [3.05, 3.63) is 138 Å². The Hall–Kier alpha value is -5.03. The van der Waals surface area contributed by atoms with E-state index in [1.54, 1.807) is 0 Å². The Balaban J connectivity index is 1.62. The number of aromatic nitrogens is 2. The maximum Gasteiger partial charge on any atom is 0.522 e. The Kier molecular flexibility index (Phi) is 6.56. The maximum absolute atomic E-state index is 3.90. The van der Waals surface area contributed by atoms with Crippen LogP contribution in [0.4, 0.5) is 0 Å². The zero-order valence-corrected chi connectivity index (χ0v) is 28.7. The summed E-state index contributed by atoms with van der Waals surface area (Å²) in [5, 5.41) is 3.74. The smallest absolute Gasteiger partial charge is 0.431 e. The number of para-hydroxylation sites is 1. The Morgan fingerprint density at radius 3 is 1.81 bits per heavy atom. The highest BCUT2D eigenvalue weighted by Crippen LogP contribution is 2.46. The van der Waals surface area contributed by atoms with Gasteiger partial charge in [0.05, 0.1) is 10.3 Å². The molecular formula is C43H37BN2S. The normalized spacial score (nSPS) is 13.6. The molecule has 8 rings (SSSR count). The molecule has 0 bridgehead atoms. The zero-order chi connectivity index (χ0) is 32.6. The molecule has 2 nitrogen and oxygen atoms in total. The second-order valence-electron chi connectivity index (χ2n) is 14.8. The highest BCUT2D eigenvalue weighted by molar-refractivity contribution is 7.21. The largest absolute Gasteiger partial charge is 0.522 e. The van der Waals surface area contributed by atoms with Crippen LogP contribution in [-0.4, -0.2) is 10.9 Å². The third-order valence-corrected chi connectivity index (χ3v) is 10.7. The molecular weight excluding hydrogens is 587 g/mol. The molecule has 7 aromatic rings. The lowest BCUT2D eigenvalue weighted by Crippen LogP contribution is -2.70. The van der Waals surface area contributed by atoms with Crippen molar-refractivity contribution in [2.45, 2.75) is 52.4 Å². The van der Waals surface area contributed by atoms with Gasteiger partial charge >= 0.3 is 6.42 Å². The van der Waals surface area contributed by atoms with Gasteiger partial charge in [-0.05, 0) is 76.6 Å². The van der Waals surface area contributed by atoms with Gasteiger partial charge in [-0.1, -0.05) is 107 Å². The first-order chi connectivity index (χ1) is 22.5. The number of benzene rings is 5. The predicted molar refractivity (Wildman–Crippen MR) is 201 cm³/mol. The lowest BCUT2D eigenvalue weighted by molar-refractivity contribution is -0.497. The van der Waals surface area contributed by atoms with Gasteiger partial charge in [0.1, 0.15) is 0 Å². The zero-order valence-electron chi connectivity index (χ0n) is 27.8. The van der Waals surface area contributed by atoms with Gasteiger partial charge in [0.25, 0.3) is 0 Å². The minimum atomic E-state index is -2.03. The van der Waals surface area contributed by atoms with Gasteiger partial charge in [-0.25, -0.2) is 0 Å². The fourth-order valence-electron chi connectivity index (χ4n) is 7.01. The highest BCUT2D eigenvalue weighted by atomic mass is 32.1. The van der Waals surface area contributed by atoms with Gasteiger partial charge in [0.15, 0.2) is 5.52 Å². The second kappa shape index (κ2) is 10.5. The summed E-state index contributed by atoms with van der Waals surface area (Å²) in [6.45, 7) is 13.8. The van der Waals surface area contributed by atoms with E-state index in [2.05, 4.69) is 177 Å². The van der Waals surface area contributed by atoms with E-state index in [1.165, 1.54) is 48.2 Å². The first kappa shape index (κ1) is 29.4. The molecule has 5 aromatic carbocycles. The van der Waals surface area contributed by atoms with Crippen LogP contribution in [0.25, 0.3) is 42.6 Å². The van der Waals surface area contributed by atoms with E-state index in [0.717, 1.165) is 16.6 Å². The molecule has 1 aliphatic rings. The lowest BCUT2D eigenvalue weighted by Gasteiger charge is -2.34. The lowest BCUT2D eigenvalue weighted by atomic mass is 9.45. The van der Waals surface area contributed by atoms with Crippen LogP contribution in [0.2, 0.25) is 0 Å². The molecule has 2 aromatic heterocycles. The van der Waals surface area contributed by atoms with Gasteiger partial charge < -0.3 is 8.96 Å². The summed E-state index contributed by atoms with van der Waals surface area (Å²) in [5.74, 6) is 15.0. The molecule has 47 heavy (non-hydrogen) atoms. The predicted octanol–water partition coefficient (Wildman–Crippen LogP) is 9.89. The van der Waals surface area contributed by atoms with Crippen molar-refractivity contribution in [1.82, 2.24) is 4.48 Å². The molecule has 0 amide bonds. The molecule has 0 fully saturated rings. The highest BCUT2D eigenvalue weighted by Gasteiger charge is 2.47. The molecule has 0 unspecified atom stereocenters. The Labute approximate surface area is 281 Å². The first-order valence-corrected chi connectivity index (χ1v) is 17.3. The topological polar surface area (TPSA) is 8.81 Å². The van der Waals surface area contributed by atoms with Crippen LogP contribution in [0.3, 0.4) is 0 Å². The molecule has 0 N–H and O–H groups in total. The van der Waals surface area contributed by atoms with Gasteiger partial charge in [-0.2, -0.15) is 11.6 Å². The standard InChI is InChI=1S/C43H37BN2S/c1-42(2,3)32-21-22-37-34(27-32)35-28-33(43(4,5)6)29-36-40(35)45(37)44(25-23-30-15-9-7-10-16-30,26-24-31-17-11-8-12-18-31)46-38-19-13-14-20-39(38)47-41(36)46/h7-22,27-29H,1-6H3. The van der Waals surface area contributed by atoms with Gasteiger partial charge in [0, 0.05) is 39.0 Å². The van der Waals surface area contributed by atoms with Crippen LogP contribution < -0.4 is 4.48 Å². The van der Waals surface area contributed by atoms with Crippen molar-refractivity contribution in [1.29, 1.82) is 0 Å². The second-order valence-corrected chi connectivity index (χ2v) is 15.8. The maximum atomic E-state index is 3.90. The van der Waals surface area contributed by atoms with Crippen LogP contribution in [0.5, 0.6) is 0 Å². The van der Waals surface area contributed by atoms with E-state index >= 15 is 0 Å². The molecule has 0 saturated carbocycles. The van der Waals surface area contributed by atoms with Crippen LogP contribution >= 0.6 is 11.3 Å². The van der Waals surface area contributed by atoms with Gasteiger partial charge in [-0.15, -0.1) is 11.8 Å². The molecule has 4 heteroatoms. The van der Waals surface area contributed by atoms with E-state index in [4.69, 9.17) is 0 Å². The Bertz CT molecular complexity index is 2420. The summed E-state index contributed by atoms with van der Waals surface area (Å²) >= 11 is 1.85. The molecule has 0 radical (unpaired) electrons. The summed E-state index contributed by atoms with van der Waals surface area (Å²) in [7, 11) is 0. The fourth-order valence-corrected chi connectivity index (χ4v) is 8.25. The van der Waals surface area contributed by atoms with E-state index in [-0.39, 0.29) is 10.8 Å². The van der Waals surface area contributed by atoms with Crippen LogP contribution in [0, 0.1) is 23.5 Å².